The third-order valence-corrected chi connectivity index (χ3v) is 3.70. The van der Waals surface area contributed by atoms with Gasteiger partial charge in [-0.1, -0.05) is 32.6 Å². The van der Waals surface area contributed by atoms with Crippen molar-refractivity contribution >= 4 is 5.91 Å². The van der Waals surface area contributed by atoms with Gasteiger partial charge in [-0.25, -0.2) is 0 Å². The van der Waals surface area contributed by atoms with Crippen molar-refractivity contribution in [2.45, 2.75) is 63.5 Å². The first-order valence-corrected chi connectivity index (χ1v) is 6.63. The van der Waals surface area contributed by atoms with Gasteiger partial charge in [0.2, 0.25) is 5.91 Å². The summed E-state index contributed by atoms with van der Waals surface area (Å²) in [5.74, 6) is -0.0917. The van der Waals surface area contributed by atoms with Gasteiger partial charge in [0, 0.05) is 7.11 Å². The average molecular weight is 243 g/mol. The van der Waals surface area contributed by atoms with Gasteiger partial charge in [0.25, 0.3) is 0 Å². The molecule has 1 aliphatic carbocycles. The molecule has 0 saturated heterocycles. The lowest BCUT2D eigenvalue weighted by Gasteiger charge is -2.33. The summed E-state index contributed by atoms with van der Waals surface area (Å²) in [5, 5.41) is 12.6. The Morgan fingerprint density at radius 3 is 2.35 bits per heavy atom. The van der Waals surface area contributed by atoms with Gasteiger partial charge in [0.1, 0.15) is 6.10 Å². The highest BCUT2D eigenvalue weighted by Crippen LogP contribution is 2.27. The fourth-order valence-corrected chi connectivity index (χ4v) is 2.53. The van der Waals surface area contributed by atoms with E-state index in [1.807, 2.05) is 6.92 Å². The number of rotatable bonds is 5. The van der Waals surface area contributed by atoms with Crippen molar-refractivity contribution in [1.29, 1.82) is 0 Å². The smallest absolute Gasteiger partial charge is 0.249 e. The van der Waals surface area contributed by atoms with Crippen LogP contribution in [-0.2, 0) is 9.53 Å². The Morgan fingerprint density at radius 1 is 1.35 bits per heavy atom. The van der Waals surface area contributed by atoms with Crippen LogP contribution in [0, 0.1) is 0 Å². The Morgan fingerprint density at radius 2 is 1.94 bits per heavy atom. The fourth-order valence-electron chi connectivity index (χ4n) is 2.53. The molecule has 0 unspecified atom stereocenters. The zero-order valence-corrected chi connectivity index (χ0v) is 11.0. The molecular weight excluding hydrogens is 218 g/mol. The summed E-state index contributed by atoms with van der Waals surface area (Å²) in [7, 11) is 1.55. The highest BCUT2D eigenvalue weighted by molar-refractivity contribution is 5.81. The monoisotopic (exact) mass is 243 g/mol. The number of ether oxygens (including phenoxy) is 1. The minimum atomic E-state index is -0.417. The molecule has 2 N–H and O–H groups in total. The zero-order valence-electron chi connectivity index (χ0n) is 11.0. The van der Waals surface area contributed by atoms with E-state index in [9.17, 15) is 9.90 Å². The molecule has 1 atom stereocenters. The maximum atomic E-state index is 12.0. The SMILES string of the molecule is CC[C@@H](OC)C(=O)NC1(CO)CCCCCC1. The number of amides is 1. The summed E-state index contributed by atoms with van der Waals surface area (Å²) < 4.78 is 5.13. The molecule has 1 aliphatic rings. The normalized spacial score (nSPS) is 21.6. The largest absolute Gasteiger partial charge is 0.394 e. The Bertz CT molecular complexity index is 231. The second-order valence-electron chi connectivity index (χ2n) is 4.97. The summed E-state index contributed by atoms with van der Waals surface area (Å²) in [4.78, 5) is 12.0. The first-order valence-electron chi connectivity index (χ1n) is 6.63. The van der Waals surface area contributed by atoms with Gasteiger partial charge in [0.15, 0.2) is 0 Å². The topological polar surface area (TPSA) is 58.6 Å². The number of nitrogens with one attached hydrogen (secondary N) is 1. The van der Waals surface area contributed by atoms with E-state index in [1.54, 1.807) is 7.11 Å². The van der Waals surface area contributed by atoms with Crippen LogP contribution in [0.25, 0.3) is 0 Å². The van der Waals surface area contributed by atoms with Crippen LogP contribution >= 0.6 is 0 Å². The molecular formula is C13H25NO3. The molecule has 100 valence electrons. The van der Waals surface area contributed by atoms with E-state index < -0.39 is 11.6 Å². The van der Waals surface area contributed by atoms with Gasteiger partial charge in [0.05, 0.1) is 12.1 Å². The number of methoxy groups -OCH3 is 1. The minimum Gasteiger partial charge on any atom is -0.394 e. The van der Waals surface area contributed by atoms with Crippen LogP contribution in [0.3, 0.4) is 0 Å². The van der Waals surface area contributed by atoms with E-state index in [4.69, 9.17) is 4.74 Å². The van der Waals surface area contributed by atoms with Gasteiger partial charge >= 0.3 is 0 Å². The molecule has 4 nitrogen and oxygen atoms in total. The molecule has 0 aromatic carbocycles. The van der Waals surface area contributed by atoms with E-state index in [-0.39, 0.29) is 12.5 Å². The molecule has 0 heterocycles. The summed E-state index contributed by atoms with van der Waals surface area (Å²) in [6.45, 7) is 1.95. The second kappa shape index (κ2) is 6.97. The van der Waals surface area contributed by atoms with E-state index >= 15 is 0 Å². The highest BCUT2D eigenvalue weighted by Gasteiger charge is 2.33. The summed E-state index contributed by atoms with van der Waals surface area (Å²) in [6.07, 6.45) is 6.53. The fraction of sp³-hybridized carbons (Fsp3) is 0.923. The van der Waals surface area contributed by atoms with Crippen LogP contribution < -0.4 is 5.32 Å². The Balaban J connectivity index is 2.63. The predicted octanol–water partition coefficient (Wildman–Crippen LogP) is 1.61. The molecule has 0 bridgehead atoms. The van der Waals surface area contributed by atoms with Crippen LogP contribution in [0.5, 0.6) is 0 Å². The van der Waals surface area contributed by atoms with Crippen LogP contribution in [-0.4, -0.2) is 36.4 Å². The lowest BCUT2D eigenvalue weighted by atomic mass is 9.90. The minimum absolute atomic E-state index is 0.0267. The zero-order chi connectivity index (χ0) is 12.7. The van der Waals surface area contributed by atoms with Crippen LogP contribution in [0.1, 0.15) is 51.9 Å². The first-order chi connectivity index (χ1) is 8.17. The standard InChI is InChI=1S/C13H25NO3/c1-3-11(17-2)12(16)14-13(10-15)8-6-4-5-7-9-13/h11,15H,3-10H2,1-2H3,(H,14,16)/t11-/m1/s1. The lowest BCUT2D eigenvalue weighted by Crippen LogP contribution is -2.54. The van der Waals surface area contributed by atoms with Gasteiger partial charge in [-0.2, -0.15) is 0 Å². The summed E-state index contributed by atoms with van der Waals surface area (Å²) in [6, 6.07) is 0. The maximum absolute atomic E-state index is 12.0. The molecule has 1 rings (SSSR count). The van der Waals surface area contributed by atoms with Gasteiger partial charge in [-0.15, -0.1) is 0 Å². The molecule has 4 heteroatoms. The van der Waals surface area contributed by atoms with Crippen molar-refractivity contribution in [1.82, 2.24) is 5.32 Å². The Hall–Kier alpha value is -0.610. The molecule has 0 spiro atoms. The average Bonchev–Trinajstić information content (AvgIpc) is 2.57. The van der Waals surface area contributed by atoms with Crippen molar-refractivity contribution < 1.29 is 14.6 Å². The molecule has 0 aliphatic heterocycles. The molecule has 1 amide bonds. The summed E-state index contributed by atoms with van der Waals surface area (Å²) >= 11 is 0. The Kier molecular flexibility index (Phi) is 5.92. The van der Waals surface area contributed by atoms with E-state index in [0.29, 0.717) is 6.42 Å². The molecule has 0 radical (unpaired) electrons. The van der Waals surface area contributed by atoms with Gasteiger partial charge in [-0.05, 0) is 19.3 Å². The number of carbonyl (C=O) groups is 1. The first kappa shape index (κ1) is 14.5. The van der Waals surface area contributed by atoms with E-state index in [2.05, 4.69) is 5.32 Å². The van der Waals surface area contributed by atoms with Crippen molar-refractivity contribution in [2.75, 3.05) is 13.7 Å². The predicted molar refractivity (Wildman–Crippen MR) is 66.7 cm³/mol. The molecule has 1 fully saturated rings. The van der Waals surface area contributed by atoms with Crippen molar-refractivity contribution in [3.8, 4) is 0 Å². The molecule has 0 aromatic heterocycles. The third-order valence-electron chi connectivity index (χ3n) is 3.70. The van der Waals surface area contributed by atoms with Gasteiger partial charge in [-0.3, -0.25) is 4.79 Å². The number of carbonyl (C=O) groups excluding carboxylic acids is 1. The molecule has 1 saturated carbocycles. The van der Waals surface area contributed by atoms with Gasteiger partial charge < -0.3 is 15.2 Å². The van der Waals surface area contributed by atoms with Crippen molar-refractivity contribution in [3.63, 3.8) is 0 Å². The maximum Gasteiger partial charge on any atom is 0.249 e. The second-order valence-corrected chi connectivity index (χ2v) is 4.97. The van der Waals surface area contributed by atoms with Crippen LogP contribution in [0.2, 0.25) is 0 Å². The van der Waals surface area contributed by atoms with Crippen LogP contribution in [0.4, 0.5) is 0 Å². The molecule has 0 aromatic rings. The van der Waals surface area contributed by atoms with E-state index in [1.165, 1.54) is 12.8 Å². The highest BCUT2D eigenvalue weighted by atomic mass is 16.5. The van der Waals surface area contributed by atoms with E-state index in [0.717, 1.165) is 25.7 Å². The van der Waals surface area contributed by atoms with Crippen LogP contribution in [0.15, 0.2) is 0 Å². The third kappa shape index (κ3) is 3.96. The number of aliphatic hydroxyl groups excluding tert-OH is 1. The quantitative estimate of drug-likeness (QED) is 0.721. The summed E-state index contributed by atoms with van der Waals surface area (Å²) in [5.41, 5.74) is -0.417. The lowest BCUT2D eigenvalue weighted by molar-refractivity contribution is -0.134. The number of hydrogen-bond donors (Lipinski definition) is 2. The number of hydrogen-bond acceptors (Lipinski definition) is 3. The van der Waals surface area contributed by atoms with Crippen molar-refractivity contribution in [3.05, 3.63) is 0 Å². The van der Waals surface area contributed by atoms with Crippen molar-refractivity contribution in [2.24, 2.45) is 0 Å². The number of aliphatic hydroxyl groups is 1. The molecule has 17 heavy (non-hydrogen) atoms. The Labute approximate surface area is 104 Å².